The van der Waals surface area contributed by atoms with Crippen LogP contribution in [0.25, 0.3) is 0 Å². The number of amides is 4. The number of nitrogens with two attached hydrogens (primary N) is 1. The minimum atomic E-state index is -1.15. The number of ether oxygens (including phenoxy) is 6. The molecule has 16 heteroatoms. The molecule has 2 fully saturated rings. The third kappa shape index (κ3) is 9.32. The molecule has 4 rings (SSSR count). The SMILES string of the molecule is C=CCOC(=O)Nc1cc(OCCCOc2cc(OC(N)=O)c(C(=O)N3CC(=C)CC3CO)cc2OC)c(OC)cc1C(=O)N1CC(=C)CC1CO. The Morgan fingerprint density at radius 2 is 1.35 bits per heavy atom. The summed E-state index contributed by atoms with van der Waals surface area (Å²) >= 11 is 0. The highest BCUT2D eigenvalue weighted by Crippen LogP contribution is 2.38. The van der Waals surface area contributed by atoms with Gasteiger partial charge in [0.05, 0.1) is 69.5 Å². The third-order valence-electron chi connectivity index (χ3n) is 8.28. The molecule has 0 saturated carbocycles. The standard InChI is InChI=1S/C36H44N4O12/c1-6-8-51-36(46)38-27-15-31(29(47-4)13-25(27)33(43)39-17-21(2)11-23(39)19-41)49-9-7-10-50-32-16-28(52-35(37)45)26(14-30(32)48-5)34(44)40-18-22(3)12-24(40)20-42/h6,13-16,23-24,41-42H,1-3,7-12,17-20H2,4-5H3,(H2,37,45)(H,38,46). The second-order valence-electron chi connectivity index (χ2n) is 12.0. The van der Waals surface area contributed by atoms with Gasteiger partial charge in [0.1, 0.15) is 12.4 Å². The van der Waals surface area contributed by atoms with Crippen LogP contribution in [0.5, 0.6) is 28.7 Å². The first-order valence-corrected chi connectivity index (χ1v) is 16.3. The number of hydrogen-bond acceptors (Lipinski definition) is 12. The number of nitrogens with zero attached hydrogens (tertiary/aromatic N) is 2. The molecular formula is C36H44N4O12. The van der Waals surface area contributed by atoms with Crippen LogP contribution in [-0.2, 0) is 4.74 Å². The fourth-order valence-electron chi connectivity index (χ4n) is 5.86. The Labute approximate surface area is 300 Å². The van der Waals surface area contributed by atoms with Crippen LogP contribution in [0.15, 0.2) is 61.2 Å². The van der Waals surface area contributed by atoms with Crippen LogP contribution in [0.3, 0.4) is 0 Å². The molecule has 2 saturated heterocycles. The van der Waals surface area contributed by atoms with Crippen LogP contribution >= 0.6 is 0 Å². The van der Waals surface area contributed by atoms with E-state index in [0.29, 0.717) is 19.3 Å². The van der Waals surface area contributed by atoms with Crippen molar-refractivity contribution in [2.24, 2.45) is 5.73 Å². The molecule has 2 atom stereocenters. The maximum atomic E-state index is 13.7. The van der Waals surface area contributed by atoms with E-state index in [1.54, 1.807) is 0 Å². The minimum absolute atomic E-state index is 0.0205. The fraction of sp³-hybridized carbons (Fsp3) is 0.389. The van der Waals surface area contributed by atoms with Crippen molar-refractivity contribution in [3.63, 3.8) is 0 Å². The monoisotopic (exact) mass is 724 g/mol. The summed E-state index contributed by atoms with van der Waals surface area (Å²) in [5.74, 6) is -0.417. The molecule has 2 aromatic carbocycles. The number of carbonyl (C=O) groups excluding carboxylic acids is 4. The summed E-state index contributed by atoms with van der Waals surface area (Å²) in [4.78, 5) is 54.3. The zero-order chi connectivity index (χ0) is 37.9. The molecule has 0 bridgehead atoms. The number of hydrogen-bond donors (Lipinski definition) is 4. The highest BCUT2D eigenvalue weighted by atomic mass is 16.6. The van der Waals surface area contributed by atoms with Crippen LogP contribution in [0, 0.1) is 0 Å². The molecule has 280 valence electrons. The Kier molecular flexibility index (Phi) is 13.5. The number of aliphatic hydroxyl groups is 2. The molecule has 2 aliphatic rings. The van der Waals surface area contributed by atoms with Gasteiger partial charge in [0.15, 0.2) is 23.0 Å². The van der Waals surface area contributed by atoms with Crippen molar-refractivity contribution >= 4 is 29.7 Å². The summed E-state index contributed by atoms with van der Waals surface area (Å²) < 4.78 is 33.1. The van der Waals surface area contributed by atoms with Gasteiger partial charge in [-0.3, -0.25) is 14.9 Å². The molecule has 2 unspecified atom stereocenters. The van der Waals surface area contributed by atoms with Crippen LogP contribution in [-0.4, -0.2) is 116 Å². The van der Waals surface area contributed by atoms with Crippen LogP contribution in [0.2, 0.25) is 0 Å². The first kappa shape index (κ1) is 39.1. The number of primary amides is 1. The van der Waals surface area contributed by atoms with Crippen LogP contribution in [0.4, 0.5) is 15.3 Å². The normalized spacial score (nSPS) is 16.7. The minimum Gasteiger partial charge on any atom is -0.493 e. The maximum absolute atomic E-state index is 13.7. The van der Waals surface area contributed by atoms with Crippen molar-refractivity contribution in [3.05, 3.63) is 72.4 Å². The molecule has 4 amide bonds. The van der Waals surface area contributed by atoms with E-state index in [0.717, 1.165) is 11.1 Å². The van der Waals surface area contributed by atoms with E-state index in [-0.39, 0.29) is 91.7 Å². The predicted molar refractivity (Wildman–Crippen MR) is 188 cm³/mol. The van der Waals surface area contributed by atoms with Gasteiger partial charge in [0, 0.05) is 37.7 Å². The van der Waals surface area contributed by atoms with Gasteiger partial charge in [0.25, 0.3) is 11.8 Å². The third-order valence-corrected chi connectivity index (χ3v) is 8.28. The Bertz CT molecular complexity index is 1710. The number of methoxy groups -OCH3 is 2. The van der Waals surface area contributed by atoms with Crippen molar-refractivity contribution in [2.75, 3.05) is 65.7 Å². The summed E-state index contributed by atoms with van der Waals surface area (Å²) in [7, 11) is 2.78. The molecule has 0 aliphatic carbocycles. The van der Waals surface area contributed by atoms with Gasteiger partial charge in [-0.1, -0.05) is 37.0 Å². The van der Waals surface area contributed by atoms with Crippen LogP contribution < -0.4 is 34.7 Å². The van der Waals surface area contributed by atoms with Gasteiger partial charge in [-0.05, 0) is 18.9 Å². The largest absolute Gasteiger partial charge is 0.493 e. The molecule has 2 aliphatic heterocycles. The van der Waals surface area contributed by atoms with Crippen LogP contribution in [0.1, 0.15) is 40.0 Å². The first-order valence-electron chi connectivity index (χ1n) is 16.3. The number of carbonyl (C=O) groups is 4. The number of benzene rings is 2. The zero-order valence-corrected chi connectivity index (χ0v) is 29.2. The molecule has 0 spiro atoms. The van der Waals surface area contributed by atoms with Crippen molar-refractivity contribution in [3.8, 4) is 28.7 Å². The lowest BCUT2D eigenvalue weighted by atomic mass is 10.1. The lowest BCUT2D eigenvalue weighted by Crippen LogP contribution is -2.38. The van der Waals surface area contributed by atoms with Crippen molar-refractivity contribution < 1.29 is 57.8 Å². The Hall–Kier alpha value is -5.74. The Balaban J connectivity index is 1.50. The molecule has 2 aromatic rings. The van der Waals surface area contributed by atoms with E-state index in [4.69, 9.17) is 34.2 Å². The molecule has 0 aromatic heterocycles. The topological polar surface area (TPSA) is 209 Å². The predicted octanol–water partition coefficient (Wildman–Crippen LogP) is 3.27. The molecule has 5 N–H and O–H groups in total. The van der Waals surface area contributed by atoms with E-state index < -0.39 is 36.1 Å². The van der Waals surface area contributed by atoms with E-state index >= 15 is 0 Å². The van der Waals surface area contributed by atoms with Crippen molar-refractivity contribution in [1.29, 1.82) is 0 Å². The highest BCUT2D eigenvalue weighted by molar-refractivity contribution is 6.04. The number of aliphatic hydroxyl groups excluding tert-OH is 2. The van der Waals surface area contributed by atoms with Crippen molar-refractivity contribution in [1.82, 2.24) is 9.80 Å². The fourth-order valence-corrected chi connectivity index (χ4v) is 5.86. The molecule has 52 heavy (non-hydrogen) atoms. The number of anilines is 1. The second kappa shape index (κ2) is 18.0. The summed E-state index contributed by atoms with van der Waals surface area (Å²) in [5.41, 5.74) is 6.99. The average Bonchev–Trinajstić information content (AvgIpc) is 3.71. The molecule has 2 heterocycles. The second-order valence-corrected chi connectivity index (χ2v) is 12.0. The number of rotatable bonds is 16. The van der Waals surface area contributed by atoms with Crippen molar-refractivity contribution in [2.45, 2.75) is 31.3 Å². The van der Waals surface area contributed by atoms with Gasteiger partial charge < -0.3 is 54.2 Å². The molecular weight excluding hydrogens is 680 g/mol. The summed E-state index contributed by atoms with van der Waals surface area (Å²) in [6.07, 6.45) is 0.595. The lowest BCUT2D eigenvalue weighted by Gasteiger charge is -2.25. The molecule has 16 nitrogen and oxygen atoms in total. The van der Waals surface area contributed by atoms with Gasteiger partial charge in [-0.25, -0.2) is 9.59 Å². The summed E-state index contributed by atoms with van der Waals surface area (Å²) in [5, 5.41) is 22.2. The number of likely N-dealkylation sites (tertiary alicyclic amines) is 2. The molecule has 0 radical (unpaired) electrons. The zero-order valence-electron chi connectivity index (χ0n) is 29.2. The maximum Gasteiger partial charge on any atom is 0.411 e. The quantitative estimate of drug-likeness (QED) is 0.145. The summed E-state index contributed by atoms with van der Waals surface area (Å²) in [6.45, 7) is 11.4. The van der Waals surface area contributed by atoms with E-state index in [1.807, 2.05) is 0 Å². The Morgan fingerprint density at radius 1 is 0.827 bits per heavy atom. The van der Waals surface area contributed by atoms with Gasteiger partial charge in [-0.15, -0.1) is 0 Å². The smallest absolute Gasteiger partial charge is 0.411 e. The highest BCUT2D eigenvalue weighted by Gasteiger charge is 2.35. The lowest BCUT2D eigenvalue weighted by molar-refractivity contribution is 0.0671. The Morgan fingerprint density at radius 3 is 1.85 bits per heavy atom. The van der Waals surface area contributed by atoms with Gasteiger partial charge in [-0.2, -0.15) is 0 Å². The van der Waals surface area contributed by atoms with E-state index in [2.05, 4.69) is 25.1 Å². The van der Waals surface area contributed by atoms with E-state index in [9.17, 15) is 29.4 Å². The number of nitrogens with one attached hydrogen (secondary N) is 1. The van der Waals surface area contributed by atoms with E-state index in [1.165, 1.54) is 54.4 Å². The first-order chi connectivity index (χ1) is 24.9. The summed E-state index contributed by atoms with van der Waals surface area (Å²) in [6, 6.07) is 4.59. The van der Waals surface area contributed by atoms with Gasteiger partial charge >= 0.3 is 12.2 Å². The van der Waals surface area contributed by atoms with Gasteiger partial charge in [0.2, 0.25) is 0 Å². The average molecular weight is 725 g/mol.